The van der Waals surface area contributed by atoms with Crippen molar-refractivity contribution in [1.82, 2.24) is 14.9 Å². The number of carboxylic acids is 1. The zero-order valence-electron chi connectivity index (χ0n) is 21.7. The van der Waals surface area contributed by atoms with Gasteiger partial charge in [-0.05, 0) is 91.6 Å². The topological polar surface area (TPSA) is 78.5 Å². The Bertz CT molecular complexity index is 1500. The van der Waals surface area contributed by atoms with Gasteiger partial charge < -0.3 is 14.8 Å². The lowest BCUT2D eigenvalue weighted by atomic mass is 9.88. The van der Waals surface area contributed by atoms with Crippen LogP contribution in [0.4, 0.5) is 0 Å². The summed E-state index contributed by atoms with van der Waals surface area (Å²) in [6.07, 6.45) is 12.4. The number of carbonyl (C=O) groups is 1. The van der Waals surface area contributed by atoms with Crippen LogP contribution in [0, 0.1) is 0 Å². The average Bonchev–Trinajstić information content (AvgIpc) is 3.63. The van der Waals surface area contributed by atoms with Crippen molar-refractivity contribution in [2.45, 2.75) is 57.5 Å². The number of aromatic nitrogens is 2. The molecule has 194 valence electrons. The van der Waals surface area contributed by atoms with Crippen LogP contribution in [-0.4, -0.2) is 38.5 Å². The Hall–Kier alpha value is -3.90. The number of H-pyrrole nitrogens is 1. The number of pyridine rings is 1. The van der Waals surface area contributed by atoms with Crippen molar-refractivity contribution >= 4 is 22.6 Å². The van der Waals surface area contributed by atoms with Gasteiger partial charge in [-0.15, -0.1) is 0 Å². The molecule has 0 bridgehead atoms. The Morgan fingerprint density at radius 2 is 2.05 bits per heavy atom. The van der Waals surface area contributed by atoms with Crippen molar-refractivity contribution in [3.63, 3.8) is 0 Å². The minimum atomic E-state index is -1.01. The van der Waals surface area contributed by atoms with Crippen LogP contribution in [0.1, 0.15) is 72.1 Å². The fraction of sp³-hybridized carbons (Fsp3) is 0.312. The number of aromatic amines is 1. The molecule has 3 heterocycles. The molecular formula is C32H33N3O3. The number of aryl methyl sites for hydroxylation is 1. The summed E-state index contributed by atoms with van der Waals surface area (Å²) in [6, 6.07) is 19.2. The van der Waals surface area contributed by atoms with E-state index in [4.69, 9.17) is 4.74 Å². The number of carboxylic acid groups (broad SMARTS) is 1. The van der Waals surface area contributed by atoms with E-state index in [9.17, 15) is 9.90 Å². The predicted molar refractivity (Wildman–Crippen MR) is 150 cm³/mol. The van der Waals surface area contributed by atoms with Gasteiger partial charge in [0.15, 0.2) is 0 Å². The summed E-state index contributed by atoms with van der Waals surface area (Å²) in [6.45, 7) is 3.40. The van der Waals surface area contributed by atoms with Crippen LogP contribution in [-0.2, 0) is 6.42 Å². The summed E-state index contributed by atoms with van der Waals surface area (Å²) in [5.74, 6) is -0.153. The van der Waals surface area contributed by atoms with Crippen molar-refractivity contribution in [2.75, 3.05) is 6.54 Å². The maximum atomic E-state index is 11.9. The number of aromatic carboxylic acids is 1. The van der Waals surface area contributed by atoms with Crippen LogP contribution < -0.4 is 4.74 Å². The summed E-state index contributed by atoms with van der Waals surface area (Å²) >= 11 is 0. The van der Waals surface area contributed by atoms with Gasteiger partial charge >= 0.3 is 5.97 Å². The largest absolute Gasteiger partial charge is 0.478 e. The van der Waals surface area contributed by atoms with E-state index in [2.05, 4.69) is 52.1 Å². The van der Waals surface area contributed by atoms with Crippen molar-refractivity contribution in [3.05, 3.63) is 95.3 Å². The lowest BCUT2D eigenvalue weighted by Crippen LogP contribution is -2.36. The molecular weight excluding hydrogens is 474 g/mol. The molecule has 2 aromatic carbocycles. The highest BCUT2D eigenvalue weighted by Gasteiger charge is 2.33. The summed E-state index contributed by atoms with van der Waals surface area (Å²) in [5.41, 5.74) is 6.16. The molecule has 6 heteroatoms. The number of likely N-dealkylation sites (tertiary alicyclic amines) is 1. The fourth-order valence-electron chi connectivity index (χ4n) is 6.21. The highest BCUT2D eigenvalue weighted by Crippen LogP contribution is 2.40. The van der Waals surface area contributed by atoms with Gasteiger partial charge in [-0.1, -0.05) is 43.3 Å². The monoisotopic (exact) mass is 507 g/mol. The second-order valence-corrected chi connectivity index (χ2v) is 10.3. The van der Waals surface area contributed by atoms with E-state index in [0.717, 1.165) is 48.8 Å². The molecule has 2 atom stereocenters. The molecule has 6 rings (SSSR count). The third-order valence-electron chi connectivity index (χ3n) is 8.13. The molecule has 2 aromatic heterocycles. The van der Waals surface area contributed by atoms with Crippen molar-refractivity contribution in [1.29, 1.82) is 0 Å². The summed E-state index contributed by atoms with van der Waals surface area (Å²) in [7, 11) is 0. The minimum Gasteiger partial charge on any atom is -0.478 e. The highest BCUT2D eigenvalue weighted by molar-refractivity contribution is 5.92. The Labute approximate surface area is 223 Å². The van der Waals surface area contributed by atoms with Gasteiger partial charge in [-0.2, -0.15) is 0 Å². The maximum absolute atomic E-state index is 11.9. The molecule has 1 unspecified atom stereocenters. The molecule has 4 aromatic rings. The fourth-order valence-corrected chi connectivity index (χ4v) is 6.21. The van der Waals surface area contributed by atoms with Crippen molar-refractivity contribution < 1.29 is 14.6 Å². The molecule has 1 aliphatic heterocycles. The van der Waals surface area contributed by atoms with Gasteiger partial charge in [-0.25, -0.2) is 9.78 Å². The van der Waals surface area contributed by atoms with Crippen molar-refractivity contribution in [2.24, 2.45) is 0 Å². The quantitative estimate of drug-likeness (QED) is 0.273. The number of fused-ring (bicyclic) bond motifs is 1. The second kappa shape index (κ2) is 10.5. The molecule has 38 heavy (non-hydrogen) atoms. The first kappa shape index (κ1) is 24.4. The predicted octanol–water partition coefficient (Wildman–Crippen LogP) is 7.39. The summed E-state index contributed by atoms with van der Waals surface area (Å²) in [5, 5.41) is 10.7. The number of nitrogens with one attached hydrogen (secondary N) is 1. The molecule has 0 saturated carbocycles. The van der Waals surface area contributed by atoms with Gasteiger partial charge in [0.05, 0.1) is 6.20 Å². The first-order valence-corrected chi connectivity index (χ1v) is 13.6. The first-order valence-electron chi connectivity index (χ1n) is 13.6. The third-order valence-corrected chi connectivity index (χ3v) is 8.13. The number of allylic oxidation sites excluding steroid dienone is 1. The second-order valence-electron chi connectivity index (χ2n) is 10.3. The SMILES string of the molecule is CCc1ccccc1[C@@H]1CCCN1C1CC=C(c2ccc(C(=O)O)c(Oc3cnc4[nH]ccc4c3)c2)CC1. The third kappa shape index (κ3) is 4.72. The molecule has 2 aliphatic rings. The number of hydrogen-bond acceptors (Lipinski definition) is 4. The Morgan fingerprint density at radius 3 is 2.87 bits per heavy atom. The van der Waals surface area contributed by atoms with Gasteiger partial charge in [0, 0.05) is 23.7 Å². The molecule has 1 aliphatic carbocycles. The molecule has 6 nitrogen and oxygen atoms in total. The number of hydrogen-bond donors (Lipinski definition) is 2. The Kier molecular flexibility index (Phi) is 6.73. The molecule has 0 spiro atoms. The highest BCUT2D eigenvalue weighted by atomic mass is 16.5. The lowest BCUT2D eigenvalue weighted by Gasteiger charge is -2.36. The molecule has 1 saturated heterocycles. The summed E-state index contributed by atoms with van der Waals surface area (Å²) in [4.78, 5) is 22.1. The number of benzene rings is 2. The van der Waals surface area contributed by atoms with Gasteiger partial charge in [0.25, 0.3) is 0 Å². The zero-order valence-corrected chi connectivity index (χ0v) is 21.7. The molecule has 0 amide bonds. The van der Waals surface area contributed by atoms with E-state index in [1.807, 2.05) is 30.5 Å². The van der Waals surface area contributed by atoms with E-state index in [-0.39, 0.29) is 5.56 Å². The normalized spacial score (nSPS) is 20.0. The smallest absolute Gasteiger partial charge is 0.339 e. The standard InChI is InChI=1S/C32H33N3O3/c1-2-21-6-3-4-7-27(21)29-8-5-17-35(29)25-12-9-22(10-13-25)23-11-14-28(32(36)37)30(19-23)38-26-18-24-15-16-33-31(24)34-20-26/h3-4,6-7,9,11,14-16,18-20,25,29H,2,5,8,10,12-13,17H2,1H3,(H,33,34)(H,36,37)/t25?,29-/m0/s1. The van der Waals surface area contributed by atoms with Gasteiger partial charge in [0.1, 0.15) is 22.7 Å². The van der Waals surface area contributed by atoms with Crippen LogP contribution >= 0.6 is 0 Å². The Morgan fingerprint density at radius 1 is 1.16 bits per heavy atom. The lowest BCUT2D eigenvalue weighted by molar-refractivity contribution is 0.0694. The molecule has 2 N–H and O–H groups in total. The maximum Gasteiger partial charge on any atom is 0.339 e. The van der Waals surface area contributed by atoms with Crippen molar-refractivity contribution in [3.8, 4) is 11.5 Å². The summed E-state index contributed by atoms with van der Waals surface area (Å²) < 4.78 is 6.07. The number of nitrogens with zero attached hydrogens (tertiary/aromatic N) is 2. The van der Waals surface area contributed by atoms with Crippen LogP contribution in [0.15, 0.2) is 73.1 Å². The van der Waals surface area contributed by atoms with E-state index >= 15 is 0 Å². The van der Waals surface area contributed by atoms with E-state index in [1.165, 1.54) is 29.5 Å². The number of ether oxygens (including phenoxy) is 1. The molecule has 1 fully saturated rings. The van der Waals surface area contributed by atoms with E-state index in [1.54, 1.807) is 12.3 Å². The average molecular weight is 508 g/mol. The van der Waals surface area contributed by atoms with Gasteiger partial charge in [0.2, 0.25) is 0 Å². The Balaban J connectivity index is 1.22. The van der Waals surface area contributed by atoms with Gasteiger partial charge in [-0.3, -0.25) is 4.90 Å². The molecule has 0 radical (unpaired) electrons. The number of rotatable bonds is 7. The minimum absolute atomic E-state index is 0.145. The first-order chi connectivity index (χ1) is 18.6. The zero-order chi connectivity index (χ0) is 26.1. The van der Waals surface area contributed by atoms with E-state index < -0.39 is 5.97 Å². The van der Waals surface area contributed by atoms with Crippen LogP contribution in [0.3, 0.4) is 0 Å². The van der Waals surface area contributed by atoms with Crippen LogP contribution in [0.25, 0.3) is 16.6 Å². The van der Waals surface area contributed by atoms with E-state index in [0.29, 0.717) is 23.6 Å². The van der Waals surface area contributed by atoms with Crippen LogP contribution in [0.5, 0.6) is 11.5 Å². The van der Waals surface area contributed by atoms with Crippen LogP contribution in [0.2, 0.25) is 0 Å².